The smallest absolute Gasteiger partial charge is 0.116 e. The molecule has 0 amide bonds. The van der Waals surface area contributed by atoms with Crippen molar-refractivity contribution >= 4 is 0 Å². The topological polar surface area (TPSA) is 20.2 Å². The molecule has 2 rings (SSSR count). The average molecular weight is 198 g/mol. The lowest BCUT2D eigenvalue weighted by Crippen LogP contribution is -1.83. The molecule has 2 aromatic carbocycles. The first-order valence-corrected chi connectivity index (χ1v) is 5.18. The van der Waals surface area contributed by atoms with Gasteiger partial charge in [-0.15, -0.1) is 0 Å². The average Bonchev–Trinajstić information content (AvgIpc) is 2.29. The SMILES string of the molecule is CCc1cc(O)cc(-c2ccccc2)c1. The Hall–Kier alpha value is -1.76. The molecule has 0 aliphatic rings. The summed E-state index contributed by atoms with van der Waals surface area (Å²) in [4.78, 5) is 0. The predicted molar refractivity (Wildman–Crippen MR) is 62.9 cm³/mol. The van der Waals surface area contributed by atoms with Crippen molar-refractivity contribution < 1.29 is 5.11 Å². The maximum absolute atomic E-state index is 9.59. The van der Waals surface area contributed by atoms with Gasteiger partial charge < -0.3 is 5.11 Å². The van der Waals surface area contributed by atoms with Crippen LogP contribution in [-0.4, -0.2) is 5.11 Å². The summed E-state index contributed by atoms with van der Waals surface area (Å²) < 4.78 is 0. The zero-order valence-corrected chi connectivity index (χ0v) is 8.77. The number of phenols is 1. The molecule has 0 aliphatic heterocycles. The Labute approximate surface area is 90.0 Å². The lowest BCUT2D eigenvalue weighted by molar-refractivity contribution is 0.475. The van der Waals surface area contributed by atoms with Crippen LogP contribution in [0.5, 0.6) is 5.75 Å². The molecule has 1 nitrogen and oxygen atoms in total. The number of aromatic hydroxyl groups is 1. The van der Waals surface area contributed by atoms with Gasteiger partial charge in [0.25, 0.3) is 0 Å². The Morgan fingerprint density at radius 1 is 0.933 bits per heavy atom. The summed E-state index contributed by atoms with van der Waals surface area (Å²) in [5, 5.41) is 9.59. The van der Waals surface area contributed by atoms with Gasteiger partial charge in [0.1, 0.15) is 5.75 Å². The summed E-state index contributed by atoms with van der Waals surface area (Å²) in [6.45, 7) is 2.09. The zero-order chi connectivity index (χ0) is 10.7. The van der Waals surface area contributed by atoms with Gasteiger partial charge in [0.2, 0.25) is 0 Å². The summed E-state index contributed by atoms with van der Waals surface area (Å²) in [5.41, 5.74) is 3.38. The third kappa shape index (κ3) is 2.18. The first-order valence-electron chi connectivity index (χ1n) is 5.18. The highest BCUT2D eigenvalue weighted by Crippen LogP contribution is 2.25. The third-order valence-corrected chi connectivity index (χ3v) is 2.49. The van der Waals surface area contributed by atoms with Crippen molar-refractivity contribution in [2.45, 2.75) is 13.3 Å². The highest BCUT2D eigenvalue weighted by Gasteiger charge is 2.00. The Balaban J connectivity index is 2.49. The van der Waals surface area contributed by atoms with Crippen molar-refractivity contribution in [1.82, 2.24) is 0 Å². The van der Waals surface area contributed by atoms with E-state index in [-0.39, 0.29) is 0 Å². The first kappa shape index (κ1) is 9.78. The van der Waals surface area contributed by atoms with E-state index in [1.165, 1.54) is 0 Å². The molecular weight excluding hydrogens is 184 g/mol. The van der Waals surface area contributed by atoms with Crippen molar-refractivity contribution in [3.8, 4) is 16.9 Å². The zero-order valence-electron chi connectivity index (χ0n) is 8.77. The summed E-state index contributed by atoms with van der Waals surface area (Å²) in [5.74, 6) is 0.341. The van der Waals surface area contributed by atoms with Crippen molar-refractivity contribution in [1.29, 1.82) is 0 Å². The monoisotopic (exact) mass is 198 g/mol. The number of benzene rings is 2. The van der Waals surface area contributed by atoms with Gasteiger partial charge in [-0.2, -0.15) is 0 Å². The quantitative estimate of drug-likeness (QED) is 0.781. The van der Waals surface area contributed by atoms with E-state index in [1.54, 1.807) is 6.07 Å². The number of rotatable bonds is 2. The minimum atomic E-state index is 0.341. The van der Waals surface area contributed by atoms with Gasteiger partial charge in [-0.1, -0.05) is 43.3 Å². The number of phenolic OH excluding ortho intramolecular Hbond substituents is 1. The van der Waals surface area contributed by atoms with Crippen LogP contribution in [0, 0.1) is 0 Å². The van der Waals surface area contributed by atoms with E-state index in [4.69, 9.17) is 0 Å². The second-order valence-electron chi connectivity index (χ2n) is 3.61. The van der Waals surface area contributed by atoms with Crippen LogP contribution in [-0.2, 0) is 6.42 Å². The fourth-order valence-electron chi connectivity index (χ4n) is 1.68. The molecule has 0 heterocycles. The number of hydrogen-bond donors (Lipinski definition) is 1. The second-order valence-corrected chi connectivity index (χ2v) is 3.61. The predicted octanol–water partition coefficient (Wildman–Crippen LogP) is 3.62. The van der Waals surface area contributed by atoms with Gasteiger partial charge in [-0.3, -0.25) is 0 Å². The minimum absolute atomic E-state index is 0.341. The van der Waals surface area contributed by atoms with Gasteiger partial charge in [0.05, 0.1) is 0 Å². The van der Waals surface area contributed by atoms with E-state index in [2.05, 4.69) is 13.0 Å². The van der Waals surface area contributed by atoms with Crippen molar-refractivity contribution in [2.24, 2.45) is 0 Å². The molecule has 0 atom stereocenters. The lowest BCUT2D eigenvalue weighted by atomic mass is 10.0. The molecule has 0 fully saturated rings. The highest BCUT2D eigenvalue weighted by molar-refractivity contribution is 5.65. The lowest BCUT2D eigenvalue weighted by Gasteiger charge is -2.05. The summed E-state index contributed by atoms with van der Waals surface area (Å²) in [7, 11) is 0. The molecule has 1 heteroatoms. The molecule has 1 N–H and O–H groups in total. The Morgan fingerprint density at radius 3 is 2.33 bits per heavy atom. The van der Waals surface area contributed by atoms with E-state index in [0.717, 1.165) is 23.1 Å². The van der Waals surface area contributed by atoms with Crippen LogP contribution in [0.1, 0.15) is 12.5 Å². The standard InChI is InChI=1S/C14H14O/c1-2-11-8-13(10-14(15)9-11)12-6-4-3-5-7-12/h3-10,15H,2H2,1H3. The number of hydrogen-bond acceptors (Lipinski definition) is 1. The van der Waals surface area contributed by atoms with Crippen LogP contribution in [0.25, 0.3) is 11.1 Å². The maximum Gasteiger partial charge on any atom is 0.116 e. The van der Waals surface area contributed by atoms with Gasteiger partial charge >= 0.3 is 0 Å². The van der Waals surface area contributed by atoms with E-state index >= 15 is 0 Å². The van der Waals surface area contributed by atoms with Crippen LogP contribution >= 0.6 is 0 Å². The molecule has 0 spiro atoms. The van der Waals surface area contributed by atoms with E-state index in [0.29, 0.717) is 5.75 Å². The minimum Gasteiger partial charge on any atom is -0.508 e. The van der Waals surface area contributed by atoms with Gasteiger partial charge in [0, 0.05) is 0 Å². The molecule has 0 saturated heterocycles. The molecule has 0 radical (unpaired) electrons. The van der Waals surface area contributed by atoms with Crippen LogP contribution < -0.4 is 0 Å². The van der Waals surface area contributed by atoms with Crippen LogP contribution in [0.4, 0.5) is 0 Å². The van der Waals surface area contributed by atoms with Gasteiger partial charge in [-0.25, -0.2) is 0 Å². The molecule has 0 unspecified atom stereocenters. The summed E-state index contributed by atoms with van der Waals surface area (Å²) in [6, 6.07) is 15.8. The Morgan fingerprint density at radius 2 is 1.67 bits per heavy atom. The first-order chi connectivity index (χ1) is 7.29. The van der Waals surface area contributed by atoms with Crippen LogP contribution in [0.3, 0.4) is 0 Å². The maximum atomic E-state index is 9.59. The molecule has 76 valence electrons. The van der Waals surface area contributed by atoms with Crippen LogP contribution in [0.15, 0.2) is 48.5 Å². The highest BCUT2D eigenvalue weighted by atomic mass is 16.3. The Kier molecular flexibility index (Phi) is 2.72. The van der Waals surface area contributed by atoms with E-state index in [9.17, 15) is 5.11 Å². The fourth-order valence-corrected chi connectivity index (χ4v) is 1.68. The van der Waals surface area contributed by atoms with Crippen molar-refractivity contribution in [3.63, 3.8) is 0 Å². The molecule has 15 heavy (non-hydrogen) atoms. The summed E-state index contributed by atoms with van der Waals surface area (Å²) in [6.07, 6.45) is 0.939. The van der Waals surface area contributed by atoms with Crippen LogP contribution in [0.2, 0.25) is 0 Å². The molecule has 0 bridgehead atoms. The molecule has 0 aromatic heterocycles. The normalized spacial score (nSPS) is 10.2. The Bertz CT molecular complexity index is 446. The van der Waals surface area contributed by atoms with Crippen molar-refractivity contribution in [3.05, 3.63) is 54.1 Å². The molecular formula is C14H14O. The van der Waals surface area contributed by atoms with Gasteiger partial charge in [0.15, 0.2) is 0 Å². The third-order valence-electron chi connectivity index (χ3n) is 2.49. The number of aryl methyl sites for hydroxylation is 1. The van der Waals surface area contributed by atoms with E-state index in [1.807, 2.05) is 36.4 Å². The molecule has 0 saturated carbocycles. The molecule has 0 aliphatic carbocycles. The largest absolute Gasteiger partial charge is 0.508 e. The van der Waals surface area contributed by atoms with E-state index < -0.39 is 0 Å². The molecule has 2 aromatic rings. The van der Waals surface area contributed by atoms with Crippen molar-refractivity contribution in [2.75, 3.05) is 0 Å². The fraction of sp³-hybridized carbons (Fsp3) is 0.143. The second kappa shape index (κ2) is 4.18. The van der Waals surface area contributed by atoms with Gasteiger partial charge in [-0.05, 0) is 35.2 Å². The summed E-state index contributed by atoms with van der Waals surface area (Å²) >= 11 is 0.